The number of aromatic amines is 1. The van der Waals surface area contributed by atoms with E-state index in [1.54, 1.807) is 7.11 Å². The molecular weight excluding hydrogens is 466 g/mol. The maximum atomic E-state index is 12.5. The minimum atomic E-state index is -2.07. The molecule has 1 unspecified atom stereocenters. The van der Waals surface area contributed by atoms with E-state index in [1.165, 1.54) is 16.8 Å². The van der Waals surface area contributed by atoms with Crippen LogP contribution in [0.3, 0.4) is 0 Å². The largest absolute Gasteiger partial charge is 0.496 e. The molecule has 0 saturated heterocycles. The molecule has 0 aliphatic carbocycles. The van der Waals surface area contributed by atoms with Crippen LogP contribution in [-0.2, 0) is 23.2 Å². The van der Waals surface area contributed by atoms with Crippen LogP contribution in [0, 0.1) is 0 Å². The number of benzene rings is 3. The Morgan fingerprint density at radius 1 is 1.03 bits per heavy atom. The fraction of sp³-hybridized carbons (Fsp3) is 0.231. The van der Waals surface area contributed by atoms with E-state index in [9.17, 15) is 13.8 Å². The Morgan fingerprint density at radius 3 is 2.40 bits per heavy atom. The molecule has 182 valence electrons. The van der Waals surface area contributed by atoms with Crippen molar-refractivity contribution < 1.29 is 13.5 Å². The van der Waals surface area contributed by atoms with Gasteiger partial charge in [0.05, 0.1) is 12.8 Å². The van der Waals surface area contributed by atoms with Crippen LogP contribution in [0.5, 0.6) is 5.75 Å². The van der Waals surface area contributed by atoms with Crippen molar-refractivity contribution in [2.45, 2.75) is 32.7 Å². The van der Waals surface area contributed by atoms with Crippen LogP contribution >= 0.6 is 0 Å². The molecule has 35 heavy (non-hydrogen) atoms. The molecule has 1 atom stereocenters. The van der Waals surface area contributed by atoms with Crippen molar-refractivity contribution in [2.24, 2.45) is 0 Å². The van der Waals surface area contributed by atoms with Gasteiger partial charge in [-0.25, -0.2) is 13.7 Å². The molecule has 0 fully saturated rings. The highest BCUT2D eigenvalue weighted by atomic mass is 32.2. The maximum absolute atomic E-state index is 12.5. The number of fused-ring (bicyclic) bond motifs is 1. The monoisotopic (exact) mass is 493 g/mol. The van der Waals surface area contributed by atoms with Crippen LogP contribution in [-0.4, -0.2) is 25.4 Å². The van der Waals surface area contributed by atoms with Crippen LogP contribution < -0.4 is 20.7 Å². The van der Waals surface area contributed by atoms with E-state index in [-0.39, 0.29) is 12.0 Å². The van der Waals surface area contributed by atoms with Gasteiger partial charge in [0.25, 0.3) is 5.56 Å². The molecule has 0 aliphatic rings. The van der Waals surface area contributed by atoms with Crippen molar-refractivity contribution in [1.82, 2.24) is 14.3 Å². The summed E-state index contributed by atoms with van der Waals surface area (Å²) in [4.78, 5) is 26.4. The number of hydrogen-bond donors (Lipinski definition) is 3. The lowest BCUT2D eigenvalue weighted by atomic mass is 9.83. The van der Waals surface area contributed by atoms with Crippen molar-refractivity contribution in [1.29, 1.82) is 0 Å². The first-order chi connectivity index (χ1) is 16.6. The third-order valence-electron chi connectivity index (χ3n) is 5.80. The number of ether oxygens (including phenoxy) is 1. The molecule has 3 aromatic carbocycles. The van der Waals surface area contributed by atoms with Gasteiger partial charge in [0.2, 0.25) is 11.3 Å². The molecule has 0 radical (unpaired) electrons. The molecular formula is C26H27N3O5S. The van der Waals surface area contributed by atoms with E-state index < -0.39 is 22.5 Å². The first kappa shape index (κ1) is 24.6. The van der Waals surface area contributed by atoms with Gasteiger partial charge in [-0.1, -0.05) is 45.0 Å². The molecule has 4 aromatic rings. The average molecular weight is 494 g/mol. The van der Waals surface area contributed by atoms with Crippen molar-refractivity contribution in [2.75, 3.05) is 7.11 Å². The Labute approximate surface area is 205 Å². The summed E-state index contributed by atoms with van der Waals surface area (Å²) in [5.41, 5.74) is 2.89. The van der Waals surface area contributed by atoms with Gasteiger partial charge in [0.15, 0.2) is 0 Å². The van der Waals surface area contributed by atoms with Gasteiger partial charge < -0.3 is 4.74 Å². The Kier molecular flexibility index (Phi) is 6.75. The zero-order valence-electron chi connectivity index (χ0n) is 19.9. The average Bonchev–Trinajstić information content (AvgIpc) is 2.81. The Bertz CT molecular complexity index is 1550. The summed E-state index contributed by atoms with van der Waals surface area (Å²) in [5, 5.41) is 1.97. The predicted molar refractivity (Wildman–Crippen MR) is 138 cm³/mol. The standard InChI is InChI=1S/C26H27N3O5S/c1-26(2,3)22-14-20(29-10-9-23(30)28-25(29)31)13-21(24(22)34-4)19-8-7-17-11-16(15-27-35(32)33)5-6-18(17)12-19/h5-14,27H,15H2,1-4H3,(H,32,33)(H,28,30,31). The lowest BCUT2D eigenvalue weighted by Gasteiger charge is -2.25. The molecule has 0 bridgehead atoms. The summed E-state index contributed by atoms with van der Waals surface area (Å²) in [6, 6.07) is 16.9. The molecule has 0 amide bonds. The van der Waals surface area contributed by atoms with Crippen LogP contribution in [0.4, 0.5) is 0 Å². The van der Waals surface area contributed by atoms with Crippen LogP contribution in [0.25, 0.3) is 27.6 Å². The number of rotatable bonds is 6. The third kappa shape index (κ3) is 5.27. The summed E-state index contributed by atoms with van der Waals surface area (Å²) in [5.74, 6) is 0.712. The number of hydrogen-bond acceptors (Lipinski definition) is 4. The van der Waals surface area contributed by atoms with Crippen molar-refractivity contribution in [3.05, 3.63) is 92.8 Å². The predicted octanol–water partition coefficient (Wildman–Crippen LogP) is 3.88. The van der Waals surface area contributed by atoms with E-state index in [0.29, 0.717) is 11.4 Å². The molecule has 0 aliphatic heterocycles. The van der Waals surface area contributed by atoms with Gasteiger partial charge in [-0.3, -0.25) is 18.9 Å². The molecule has 1 aromatic heterocycles. The van der Waals surface area contributed by atoms with E-state index in [4.69, 9.17) is 9.29 Å². The summed E-state index contributed by atoms with van der Waals surface area (Å²) in [6.45, 7) is 6.50. The molecule has 3 N–H and O–H groups in total. The Hall–Kier alpha value is -3.53. The summed E-state index contributed by atoms with van der Waals surface area (Å²) in [7, 11) is 1.63. The highest BCUT2D eigenvalue weighted by Crippen LogP contribution is 2.41. The summed E-state index contributed by atoms with van der Waals surface area (Å²) >= 11 is -2.07. The van der Waals surface area contributed by atoms with Gasteiger partial charge in [-0.05, 0) is 51.6 Å². The normalized spacial score (nSPS) is 12.6. The van der Waals surface area contributed by atoms with Crippen LogP contribution in [0.1, 0.15) is 31.9 Å². The summed E-state index contributed by atoms with van der Waals surface area (Å²) < 4.78 is 29.7. The molecule has 0 spiro atoms. The molecule has 1 heterocycles. The van der Waals surface area contributed by atoms with E-state index >= 15 is 0 Å². The highest BCUT2D eigenvalue weighted by Gasteiger charge is 2.24. The number of nitrogens with one attached hydrogen (secondary N) is 2. The van der Waals surface area contributed by atoms with Gasteiger partial charge >= 0.3 is 5.69 Å². The second-order valence-electron chi connectivity index (χ2n) is 9.27. The zero-order chi connectivity index (χ0) is 25.3. The molecule has 0 saturated carbocycles. The van der Waals surface area contributed by atoms with Gasteiger partial charge in [0, 0.05) is 29.9 Å². The first-order valence-corrected chi connectivity index (χ1v) is 12.1. The first-order valence-electron chi connectivity index (χ1n) is 11.0. The highest BCUT2D eigenvalue weighted by molar-refractivity contribution is 7.77. The second-order valence-corrected chi connectivity index (χ2v) is 10.1. The zero-order valence-corrected chi connectivity index (χ0v) is 20.7. The van der Waals surface area contributed by atoms with Crippen molar-refractivity contribution >= 4 is 22.0 Å². The van der Waals surface area contributed by atoms with Gasteiger partial charge in [-0.15, -0.1) is 0 Å². The number of methoxy groups -OCH3 is 1. The fourth-order valence-electron chi connectivity index (χ4n) is 4.08. The van der Waals surface area contributed by atoms with Crippen molar-refractivity contribution in [3.8, 4) is 22.6 Å². The molecule has 8 nitrogen and oxygen atoms in total. The molecule has 4 rings (SSSR count). The van der Waals surface area contributed by atoms with E-state index in [0.717, 1.165) is 33.0 Å². The maximum Gasteiger partial charge on any atom is 0.332 e. The smallest absolute Gasteiger partial charge is 0.332 e. The van der Waals surface area contributed by atoms with Gasteiger partial charge in [0.1, 0.15) is 5.75 Å². The Balaban J connectivity index is 1.90. The fourth-order valence-corrected chi connectivity index (χ4v) is 4.37. The van der Waals surface area contributed by atoms with Gasteiger partial charge in [-0.2, -0.15) is 0 Å². The van der Waals surface area contributed by atoms with Crippen LogP contribution in [0.2, 0.25) is 0 Å². The van der Waals surface area contributed by atoms with E-state index in [2.05, 4.69) is 30.5 Å². The third-order valence-corrected chi connectivity index (χ3v) is 6.19. The minimum Gasteiger partial charge on any atom is -0.496 e. The SMILES string of the molecule is COc1c(-c2ccc3cc(CNS(=O)O)ccc3c2)cc(-n2ccc(=O)[nH]c2=O)cc1C(C)(C)C. The van der Waals surface area contributed by atoms with Crippen molar-refractivity contribution in [3.63, 3.8) is 0 Å². The lowest BCUT2D eigenvalue weighted by molar-refractivity contribution is 0.399. The quantitative estimate of drug-likeness (QED) is 0.353. The lowest BCUT2D eigenvalue weighted by Crippen LogP contribution is -2.27. The molecule has 9 heteroatoms. The van der Waals surface area contributed by atoms with Crippen LogP contribution in [0.15, 0.2) is 70.4 Å². The number of aromatic nitrogens is 2. The second kappa shape index (κ2) is 9.61. The van der Waals surface area contributed by atoms with E-state index in [1.807, 2.05) is 48.5 Å². The minimum absolute atomic E-state index is 0.277. The number of H-pyrrole nitrogens is 1. The Morgan fingerprint density at radius 2 is 1.74 bits per heavy atom. The number of nitrogens with zero attached hydrogens (tertiary/aromatic N) is 1. The summed E-state index contributed by atoms with van der Waals surface area (Å²) in [6.07, 6.45) is 1.47. The topological polar surface area (TPSA) is 113 Å².